The number of amides is 1. The number of pyridine rings is 1. The van der Waals surface area contributed by atoms with Crippen LogP contribution in [0, 0.1) is 18.2 Å². The van der Waals surface area contributed by atoms with Gasteiger partial charge in [0, 0.05) is 5.69 Å². The fourth-order valence-electron chi connectivity index (χ4n) is 1.91. The fourth-order valence-corrected chi connectivity index (χ4v) is 1.91. The summed E-state index contributed by atoms with van der Waals surface area (Å²) in [4.78, 5) is 16.5. The molecule has 2 N–H and O–H groups in total. The Kier molecular flexibility index (Phi) is 4.97. The zero-order valence-corrected chi connectivity index (χ0v) is 13.1. The molecule has 0 bridgehead atoms. The third kappa shape index (κ3) is 4.07. The Morgan fingerprint density at radius 2 is 2.09 bits per heavy atom. The van der Waals surface area contributed by atoms with Crippen molar-refractivity contribution in [2.45, 2.75) is 25.8 Å². The highest BCUT2D eigenvalue weighted by molar-refractivity contribution is 6.00. The summed E-state index contributed by atoms with van der Waals surface area (Å²) in [6, 6.07) is 10.3. The molecule has 0 fully saturated rings. The van der Waals surface area contributed by atoms with Crippen LogP contribution in [0.2, 0.25) is 0 Å². The monoisotopic (exact) mass is 311 g/mol. The van der Waals surface area contributed by atoms with Crippen LogP contribution in [0.25, 0.3) is 0 Å². The number of hydrogen-bond acceptors (Lipinski definition) is 3. The van der Waals surface area contributed by atoms with Crippen molar-refractivity contribution in [2.75, 3.05) is 5.32 Å². The lowest BCUT2D eigenvalue weighted by Crippen LogP contribution is -2.44. The van der Waals surface area contributed by atoms with Crippen LogP contribution in [0.5, 0.6) is 0 Å². The van der Waals surface area contributed by atoms with Crippen molar-refractivity contribution >= 4 is 17.4 Å². The van der Waals surface area contributed by atoms with Gasteiger partial charge in [-0.2, -0.15) is 0 Å². The van der Waals surface area contributed by atoms with Crippen LogP contribution < -0.4 is 10.6 Å². The predicted octanol–water partition coefficient (Wildman–Crippen LogP) is 3.50. The number of anilines is 2. The molecule has 0 radical (unpaired) electrons. The van der Waals surface area contributed by atoms with E-state index in [4.69, 9.17) is 6.42 Å². The largest absolute Gasteiger partial charge is 0.340 e. The van der Waals surface area contributed by atoms with Crippen molar-refractivity contribution < 1.29 is 9.18 Å². The van der Waals surface area contributed by atoms with Gasteiger partial charge >= 0.3 is 0 Å². The zero-order valence-electron chi connectivity index (χ0n) is 13.1. The molecule has 2 aromatic rings. The van der Waals surface area contributed by atoms with Gasteiger partial charge in [0.2, 0.25) is 0 Å². The molecule has 5 heteroatoms. The number of hydrogen-bond donors (Lipinski definition) is 2. The lowest BCUT2D eigenvalue weighted by molar-refractivity contribution is 0.0924. The molecule has 0 spiro atoms. The maximum Gasteiger partial charge on any atom is 0.256 e. The van der Waals surface area contributed by atoms with Crippen LogP contribution >= 0.6 is 0 Å². The van der Waals surface area contributed by atoms with Crippen LogP contribution in [-0.2, 0) is 0 Å². The molecule has 0 aliphatic rings. The van der Waals surface area contributed by atoms with Gasteiger partial charge in [-0.3, -0.25) is 4.79 Å². The summed E-state index contributed by atoms with van der Waals surface area (Å²) in [7, 11) is 0. The summed E-state index contributed by atoms with van der Waals surface area (Å²) >= 11 is 0. The molecule has 1 heterocycles. The number of halogens is 1. The van der Waals surface area contributed by atoms with E-state index in [1.807, 2.05) is 37.3 Å². The van der Waals surface area contributed by atoms with Gasteiger partial charge in [-0.15, -0.1) is 6.42 Å². The van der Waals surface area contributed by atoms with E-state index in [1.54, 1.807) is 6.92 Å². The number of aromatic nitrogens is 1. The second-order valence-corrected chi connectivity index (χ2v) is 5.32. The maximum absolute atomic E-state index is 13.5. The van der Waals surface area contributed by atoms with E-state index in [0.29, 0.717) is 6.42 Å². The zero-order chi connectivity index (χ0) is 16.9. The second kappa shape index (κ2) is 6.93. The van der Waals surface area contributed by atoms with E-state index in [0.717, 1.165) is 18.0 Å². The van der Waals surface area contributed by atoms with Gasteiger partial charge in [0.25, 0.3) is 5.91 Å². The highest BCUT2D eigenvalue weighted by Crippen LogP contribution is 2.20. The molecule has 0 aliphatic carbocycles. The first kappa shape index (κ1) is 16.5. The molecule has 0 saturated carbocycles. The van der Waals surface area contributed by atoms with Gasteiger partial charge < -0.3 is 10.6 Å². The van der Waals surface area contributed by atoms with Crippen molar-refractivity contribution in [1.82, 2.24) is 10.3 Å². The van der Waals surface area contributed by atoms with Crippen molar-refractivity contribution in [3.63, 3.8) is 0 Å². The number of carbonyl (C=O) groups excluding carboxylic acids is 1. The Hall–Kier alpha value is -2.87. The van der Waals surface area contributed by atoms with Crippen LogP contribution in [0.1, 0.15) is 30.6 Å². The Labute approximate surface area is 135 Å². The highest BCUT2D eigenvalue weighted by Gasteiger charge is 2.24. The minimum absolute atomic E-state index is 0.101. The van der Waals surface area contributed by atoms with E-state index in [2.05, 4.69) is 21.5 Å². The first-order valence-corrected chi connectivity index (χ1v) is 7.25. The molecule has 1 aromatic carbocycles. The molecule has 1 amide bonds. The Morgan fingerprint density at radius 1 is 1.39 bits per heavy atom. The quantitative estimate of drug-likeness (QED) is 0.831. The van der Waals surface area contributed by atoms with E-state index < -0.39 is 17.3 Å². The van der Waals surface area contributed by atoms with E-state index in [-0.39, 0.29) is 11.4 Å². The minimum atomic E-state index is -0.798. The molecular weight excluding hydrogens is 293 g/mol. The first-order valence-electron chi connectivity index (χ1n) is 7.25. The number of para-hydroxylation sites is 1. The normalized spacial score (nSPS) is 12.8. The molecule has 0 saturated heterocycles. The standard InChI is InChI=1S/C18H18FN3O/c1-4-18(3,5-2)22-17(23)15-11-13(19)12-20-16(15)21-14-9-7-6-8-10-14/h1,6-12H,5H2,2-3H3,(H,20,21)(H,22,23)/t18-/m0/s1. The van der Waals surface area contributed by atoms with Gasteiger partial charge in [0.15, 0.2) is 0 Å². The lowest BCUT2D eigenvalue weighted by Gasteiger charge is -2.24. The lowest BCUT2D eigenvalue weighted by atomic mass is 9.99. The second-order valence-electron chi connectivity index (χ2n) is 5.32. The Balaban J connectivity index is 2.32. The van der Waals surface area contributed by atoms with E-state index in [9.17, 15) is 9.18 Å². The van der Waals surface area contributed by atoms with Crippen LogP contribution in [0.4, 0.5) is 15.9 Å². The van der Waals surface area contributed by atoms with Gasteiger partial charge in [0.05, 0.1) is 17.3 Å². The summed E-state index contributed by atoms with van der Waals surface area (Å²) < 4.78 is 13.5. The smallest absolute Gasteiger partial charge is 0.256 e. The first-order chi connectivity index (χ1) is 11.0. The molecule has 118 valence electrons. The fraction of sp³-hybridized carbons (Fsp3) is 0.222. The van der Waals surface area contributed by atoms with Crippen LogP contribution in [0.15, 0.2) is 42.6 Å². The summed E-state index contributed by atoms with van der Waals surface area (Å²) in [5.41, 5.74) is 0.0487. The van der Waals surface area contributed by atoms with Crippen LogP contribution in [-0.4, -0.2) is 16.4 Å². The molecule has 0 unspecified atom stereocenters. The minimum Gasteiger partial charge on any atom is -0.340 e. The number of nitrogens with zero attached hydrogens (tertiary/aromatic N) is 1. The van der Waals surface area contributed by atoms with Crippen LogP contribution in [0.3, 0.4) is 0 Å². The number of terminal acetylenes is 1. The Bertz CT molecular complexity index is 740. The molecule has 0 aliphatic heterocycles. The van der Waals surface area contributed by atoms with Crippen molar-refractivity contribution in [2.24, 2.45) is 0 Å². The van der Waals surface area contributed by atoms with E-state index in [1.165, 1.54) is 0 Å². The summed E-state index contributed by atoms with van der Waals surface area (Å²) in [5.74, 6) is 1.75. The summed E-state index contributed by atoms with van der Waals surface area (Å²) in [5, 5.41) is 5.75. The van der Waals surface area contributed by atoms with Crippen molar-refractivity contribution in [3.8, 4) is 12.3 Å². The average Bonchev–Trinajstić information content (AvgIpc) is 2.57. The molecule has 1 atom stereocenters. The summed E-state index contributed by atoms with van der Waals surface area (Å²) in [6.45, 7) is 3.61. The van der Waals surface area contributed by atoms with Gasteiger partial charge in [-0.05, 0) is 31.5 Å². The molecule has 2 rings (SSSR count). The third-order valence-corrected chi connectivity index (χ3v) is 3.55. The molecule has 1 aromatic heterocycles. The number of carbonyl (C=O) groups is 1. The van der Waals surface area contributed by atoms with Gasteiger partial charge in [0.1, 0.15) is 11.6 Å². The molecule has 23 heavy (non-hydrogen) atoms. The molecular formula is C18H18FN3O. The number of nitrogens with one attached hydrogen (secondary N) is 2. The van der Waals surface area contributed by atoms with Gasteiger partial charge in [-0.25, -0.2) is 9.37 Å². The highest BCUT2D eigenvalue weighted by atomic mass is 19.1. The SMILES string of the molecule is C#C[C@@](C)(CC)NC(=O)c1cc(F)cnc1Nc1ccccc1. The number of rotatable bonds is 5. The topological polar surface area (TPSA) is 54.0 Å². The molecule has 4 nitrogen and oxygen atoms in total. The number of benzene rings is 1. The third-order valence-electron chi connectivity index (χ3n) is 3.55. The van der Waals surface area contributed by atoms with Gasteiger partial charge in [-0.1, -0.05) is 31.0 Å². The van der Waals surface area contributed by atoms with E-state index >= 15 is 0 Å². The van der Waals surface area contributed by atoms with Crippen molar-refractivity contribution in [3.05, 3.63) is 54.0 Å². The summed E-state index contributed by atoms with van der Waals surface area (Å²) in [6.07, 6.45) is 7.08. The average molecular weight is 311 g/mol. The Morgan fingerprint density at radius 3 is 2.70 bits per heavy atom. The predicted molar refractivity (Wildman–Crippen MR) is 88.9 cm³/mol. The van der Waals surface area contributed by atoms with Crippen molar-refractivity contribution in [1.29, 1.82) is 0 Å². The maximum atomic E-state index is 13.5.